The highest BCUT2D eigenvalue weighted by atomic mass is 16.3. The molecule has 0 saturated heterocycles. The highest BCUT2D eigenvalue weighted by molar-refractivity contribution is 5.81. The number of nitrogens with one attached hydrogen (secondary N) is 1. The smallest absolute Gasteiger partial charge is 0.225 e. The first-order chi connectivity index (χ1) is 16.7. The lowest BCUT2D eigenvalue weighted by molar-refractivity contribution is -0.134. The summed E-state index contributed by atoms with van der Waals surface area (Å²) >= 11 is 0. The Kier molecular flexibility index (Phi) is 13.1. The van der Waals surface area contributed by atoms with Gasteiger partial charge in [0.25, 0.3) is 0 Å². The Morgan fingerprint density at radius 1 is 1.00 bits per heavy atom. The number of aliphatic hydroxyl groups excluding tert-OH is 2. The summed E-state index contributed by atoms with van der Waals surface area (Å²) in [5.41, 5.74) is -0.884. The van der Waals surface area contributed by atoms with E-state index in [1.54, 1.807) is 11.9 Å². The van der Waals surface area contributed by atoms with Gasteiger partial charge in [-0.1, -0.05) is 84.5 Å². The fourth-order valence-corrected chi connectivity index (χ4v) is 6.32. The van der Waals surface area contributed by atoms with E-state index in [1.807, 2.05) is 20.8 Å². The van der Waals surface area contributed by atoms with Crippen molar-refractivity contribution in [2.45, 2.75) is 141 Å². The van der Waals surface area contributed by atoms with Crippen LogP contribution in [0.25, 0.3) is 0 Å². The molecule has 2 rings (SSSR count). The van der Waals surface area contributed by atoms with E-state index in [0.717, 1.165) is 38.0 Å². The average Bonchev–Trinajstić information content (AvgIpc) is 2.84. The Balaban J connectivity index is 1.89. The Hall–Kier alpha value is -1.14. The van der Waals surface area contributed by atoms with Crippen LogP contribution in [0.5, 0.6) is 0 Å². The van der Waals surface area contributed by atoms with Crippen LogP contribution in [0.1, 0.15) is 124 Å². The Labute approximate surface area is 214 Å². The standard InChI is InChI=1S/C29H54N2O4/c1-5-13-25(32)27(34)29(3,20-24-16-10-7-11-17-24)30-28(35)22(2)21-31(4)26(33)19-12-18-23-14-8-6-9-15-23/h22-25,27,32,34H,5-21H2,1-4H3,(H,30,35)/t22-,25-,27-,29+/m0/s1. The molecular weight excluding hydrogens is 440 g/mol. The van der Waals surface area contributed by atoms with Crippen LogP contribution in [-0.2, 0) is 9.59 Å². The van der Waals surface area contributed by atoms with E-state index in [0.29, 0.717) is 31.7 Å². The zero-order valence-corrected chi connectivity index (χ0v) is 23.1. The third-order valence-electron chi connectivity index (χ3n) is 8.60. The van der Waals surface area contributed by atoms with Gasteiger partial charge in [0, 0.05) is 20.0 Å². The second kappa shape index (κ2) is 15.2. The van der Waals surface area contributed by atoms with Gasteiger partial charge in [0.05, 0.1) is 17.6 Å². The fraction of sp³-hybridized carbons (Fsp3) is 0.931. The highest BCUT2D eigenvalue weighted by Gasteiger charge is 2.41. The van der Waals surface area contributed by atoms with Crippen LogP contribution in [0.2, 0.25) is 0 Å². The molecule has 2 amide bonds. The molecule has 0 aromatic rings. The van der Waals surface area contributed by atoms with Gasteiger partial charge in [0.1, 0.15) is 6.10 Å². The Bertz CT molecular complexity index is 630. The van der Waals surface area contributed by atoms with Crippen molar-refractivity contribution in [3.63, 3.8) is 0 Å². The summed E-state index contributed by atoms with van der Waals surface area (Å²) in [5, 5.41) is 24.8. The minimum atomic E-state index is -1.01. The van der Waals surface area contributed by atoms with Gasteiger partial charge < -0.3 is 20.4 Å². The van der Waals surface area contributed by atoms with Crippen molar-refractivity contribution in [1.29, 1.82) is 0 Å². The summed E-state index contributed by atoms with van der Waals surface area (Å²) in [5.74, 6) is 0.782. The van der Waals surface area contributed by atoms with Crippen molar-refractivity contribution in [3.8, 4) is 0 Å². The Morgan fingerprint density at radius 2 is 1.57 bits per heavy atom. The molecular formula is C29H54N2O4. The van der Waals surface area contributed by atoms with Crippen LogP contribution < -0.4 is 5.32 Å². The topological polar surface area (TPSA) is 89.9 Å². The van der Waals surface area contributed by atoms with Crippen molar-refractivity contribution < 1.29 is 19.8 Å². The van der Waals surface area contributed by atoms with Crippen LogP contribution in [0.4, 0.5) is 0 Å². The van der Waals surface area contributed by atoms with Gasteiger partial charge in [0.15, 0.2) is 0 Å². The van der Waals surface area contributed by atoms with Crippen molar-refractivity contribution in [2.75, 3.05) is 13.6 Å². The number of nitrogens with zero attached hydrogens (tertiary/aromatic N) is 1. The molecule has 2 fully saturated rings. The molecule has 2 aliphatic rings. The van der Waals surface area contributed by atoms with E-state index in [9.17, 15) is 19.8 Å². The predicted molar refractivity (Wildman–Crippen MR) is 142 cm³/mol. The Morgan fingerprint density at radius 3 is 2.14 bits per heavy atom. The maximum absolute atomic E-state index is 13.2. The number of carbonyl (C=O) groups excluding carboxylic acids is 2. The summed E-state index contributed by atoms with van der Waals surface area (Å²) in [7, 11) is 1.79. The van der Waals surface area contributed by atoms with Gasteiger partial charge in [-0.15, -0.1) is 0 Å². The van der Waals surface area contributed by atoms with E-state index in [4.69, 9.17) is 0 Å². The van der Waals surface area contributed by atoms with Crippen LogP contribution in [-0.4, -0.2) is 58.3 Å². The molecule has 0 bridgehead atoms. The molecule has 35 heavy (non-hydrogen) atoms. The van der Waals surface area contributed by atoms with Crippen LogP contribution in [0.15, 0.2) is 0 Å². The molecule has 4 atom stereocenters. The fourth-order valence-electron chi connectivity index (χ4n) is 6.32. The van der Waals surface area contributed by atoms with Crippen molar-refractivity contribution >= 4 is 11.8 Å². The third kappa shape index (κ3) is 10.0. The summed E-state index contributed by atoms with van der Waals surface area (Å²) in [6.45, 7) is 6.07. The van der Waals surface area contributed by atoms with Crippen molar-refractivity contribution in [1.82, 2.24) is 10.2 Å². The number of hydrogen-bond donors (Lipinski definition) is 3. The summed E-state index contributed by atoms with van der Waals surface area (Å²) < 4.78 is 0. The average molecular weight is 495 g/mol. The molecule has 0 aliphatic heterocycles. The van der Waals surface area contributed by atoms with Gasteiger partial charge >= 0.3 is 0 Å². The van der Waals surface area contributed by atoms with Gasteiger partial charge in [0.2, 0.25) is 11.8 Å². The molecule has 6 nitrogen and oxygen atoms in total. The lowest BCUT2D eigenvalue weighted by Gasteiger charge is -2.41. The van der Waals surface area contributed by atoms with Gasteiger partial charge in [-0.3, -0.25) is 9.59 Å². The van der Waals surface area contributed by atoms with Crippen LogP contribution in [0.3, 0.4) is 0 Å². The second-order valence-electron chi connectivity index (χ2n) is 12.0. The largest absolute Gasteiger partial charge is 0.390 e. The maximum atomic E-state index is 13.2. The predicted octanol–water partition coefficient (Wildman–Crippen LogP) is 5.20. The molecule has 0 heterocycles. The molecule has 0 aromatic carbocycles. The lowest BCUT2D eigenvalue weighted by Crippen LogP contribution is -2.60. The highest BCUT2D eigenvalue weighted by Crippen LogP contribution is 2.33. The zero-order chi connectivity index (χ0) is 25.8. The van der Waals surface area contributed by atoms with Crippen molar-refractivity contribution in [2.24, 2.45) is 17.8 Å². The molecule has 2 saturated carbocycles. The number of amides is 2. The van der Waals surface area contributed by atoms with E-state index in [2.05, 4.69) is 5.32 Å². The first kappa shape index (κ1) is 30.1. The number of hydrogen-bond acceptors (Lipinski definition) is 4. The number of carbonyl (C=O) groups is 2. The van der Waals surface area contributed by atoms with Crippen LogP contribution >= 0.6 is 0 Å². The van der Waals surface area contributed by atoms with Gasteiger partial charge in [-0.25, -0.2) is 0 Å². The monoisotopic (exact) mass is 494 g/mol. The number of rotatable bonds is 14. The molecule has 0 unspecified atom stereocenters. The molecule has 0 radical (unpaired) electrons. The summed E-state index contributed by atoms with van der Waals surface area (Å²) in [6.07, 6.45) is 15.1. The molecule has 3 N–H and O–H groups in total. The third-order valence-corrected chi connectivity index (χ3v) is 8.60. The zero-order valence-electron chi connectivity index (χ0n) is 23.1. The van der Waals surface area contributed by atoms with Gasteiger partial charge in [-0.2, -0.15) is 0 Å². The maximum Gasteiger partial charge on any atom is 0.225 e. The minimum absolute atomic E-state index is 0.101. The van der Waals surface area contributed by atoms with Crippen molar-refractivity contribution in [3.05, 3.63) is 0 Å². The molecule has 204 valence electrons. The minimum Gasteiger partial charge on any atom is -0.390 e. The normalized spacial score (nSPS) is 22.1. The SMILES string of the molecule is CCC[C@H](O)[C@H](O)[C@@](C)(CC1CCCCC1)NC(=O)[C@@H](C)CN(C)C(=O)CCCC1CCCCC1. The first-order valence-corrected chi connectivity index (χ1v) is 14.6. The molecule has 0 aromatic heterocycles. The number of aliphatic hydroxyl groups is 2. The quantitative estimate of drug-likeness (QED) is 0.310. The molecule has 0 spiro atoms. The first-order valence-electron chi connectivity index (χ1n) is 14.6. The molecule has 2 aliphatic carbocycles. The van der Waals surface area contributed by atoms with E-state index in [-0.39, 0.29) is 17.7 Å². The van der Waals surface area contributed by atoms with Gasteiger partial charge in [-0.05, 0) is 44.4 Å². The van der Waals surface area contributed by atoms with E-state index >= 15 is 0 Å². The summed E-state index contributed by atoms with van der Waals surface area (Å²) in [4.78, 5) is 27.6. The lowest BCUT2D eigenvalue weighted by atomic mass is 9.76. The van der Waals surface area contributed by atoms with E-state index in [1.165, 1.54) is 51.4 Å². The second-order valence-corrected chi connectivity index (χ2v) is 12.0. The summed E-state index contributed by atoms with van der Waals surface area (Å²) in [6, 6.07) is 0. The van der Waals surface area contributed by atoms with Crippen LogP contribution in [0, 0.1) is 17.8 Å². The van der Waals surface area contributed by atoms with E-state index < -0.39 is 17.7 Å². The molecule has 6 heteroatoms.